The first-order valence-corrected chi connectivity index (χ1v) is 9.87. The van der Waals surface area contributed by atoms with Crippen LogP contribution in [-0.4, -0.2) is 43.1 Å². The maximum absolute atomic E-state index is 12.4. The van der Waals surface area contributed by atoms with Gasteiger partial charge in [0, 0.05) is 24.5 Å². The van der Waals surface area contributed by atoms with E-state index in [1.807, 2.05) is 18.2 Å². The lowest BCUT2D eigenvalue weighted by atomic mass is 10.1. The third-order valence-electron chi connectivity index (χ3n) is 4.17. The lowest BCUT2D eigenvalue weighted by molar-refractivity contribution is -0.121. The molecular weight excluding hydrogens is 388 g/mol. The fraction of sp³-hybridized carbons (Fsp3) is 0.389. The Morgan fingerprint density at radius 2 is 2.00 bits per heavy atom. The number of hydrogen-bond acceptors (Lipinski definition) is 6. The smallest absolute Gasteiger partial charge is 0.281 e. The Bertz CT molecular complexity index is 821. The third-order valence-corrected chi connectivity index (χ3v) is 5.75. The summed E-state index contributed by atoms with van der Waals surface area (Å²) in [5, 5.41) is 1.43. The van der Waals surface area contributed by atoms with Gasteiger partial charge >= 0.3 is 0 Å². The van der Waals surface area contributed by atoms with Crippen LogP contribution in [-0.2, 0) is 16.0 Å². The molecular formula is C18H21ClN4O3S. The Labute approximate surface area is 166 Å². The maximum atomic E-state index is 12.4. The molecule has 0 atom stereocenters. The van der Waals surface area contributed by atoms with Gasteiger partial charge in [0.05, 0.1) is 18.9 Å². The highest BCUT2D eigenvalue weighted by Gasteiger charge is 2.20. The van der Waals surface area contributed by atoms with Crippen molar-refractivity contribution in [2.24, 2.45) is 0 Å². The minimum Gasteiger partial charge on any atom is -0.378 e. The Hall–Kier alpha value is -2.16. The zero-order valence-electron chi connectivity index (χ0n) is 15.0. The molecule has 1 aromatic heterocycles. The van der Waals surface area contributed by atoms with E-state index in [1.165, 1.54) is 11.3 Å². The van der Waals surface area contributed by atoms with Crippen molar-refractivity contribution in [2.75, 3.05) is 31.2 Å². The highest BCUT2D eigenvalue weighted by molar-refractivity contribution is 7.17. The molecule has 3 rings (SSSR count). The average molecular weight is 409 g/mol. The first-order valence-electron chi connectivity index (χ1n) is 8.67. The molecule has 1 aromatic carbocycles. The second-order valence-corrected chi connectivity index (χ2v) is 7.49. The van der Waals surface area contributed by atoms with E-state index in [0.717, 1.165) is 23.8 Å². The summed E-state index contributed by atoms with van der Waals surface area (Å²) in [6.45, 7) is 4.61. The molecule has 0 spiro atoms. The maximum Gasteiger partial charge on any atom is 0.281 e. The summed E-state index contributed by atoms with van der Waals surface area (Å²) in [5.74, 6) is -0.644. The number of aromatic nitrogens is 1. The summed E-state index contributed by atoms with van der Waals surface area (Å²) in [5.41, 5.74) is 6.45. The fourth-order valence-electron chi connectivity index (χ4n) is 2.68. The van der Waals surface area contributed by atoms with Crippen LogP contribution in [0.15, 0.2) is 24.3 Å². The second-order valence-electron chi connectivity index (χ2n) is 6.10. The number of rotatable bonds is 5. The van der Waals surface area contributed by atoms with E-state index < -0.39 is 0 Å². The highest BCUT2D eigenvalue weighted by Crippen LogP contribution is 2.26. The van der Waals surface area contributed by atoms with Crippen LogP contribution in [0.2, 0.25) is 5.02 Å². The summed E-state index contributed by atoms with van der Waals surface area (Å²) >= 11 is 7.40. The molecule has 2 N–H and O–H groups in total. The molecule has 0 radical (unpaired) electrons. The molecule has 0 saturated carbocycles. The van der Waals surface area contributed by atoms with Crippen molar-refractivity contribution in [3.8, 4) is 0 Å². The Morgan fingerprint density at radius 3 is 2.74 bits per heavy atom. The van der Waals surface area contributed by atoms with E-state index in [4.69, 9.17) is 16.3 Å². The summed E-state index contributed by atoms with van der Waals surface area (Å²) in [6, 6.07) is 7.38. The van der Waals surface area contributed by atoms with Crippen molar-refractivity contribution in [3.63, 3.8) is 0 Å². The van der Waals surface area contributed by atoms with Gasteiger partial charge in [0.15, 0.2) is 5.13 Å². The SMILES string of the molecule is Cc1nc(N2CCOCC2)sc1C(=O)NNC(=O)CCc1ccccc1Cl. The average Bonchev–Trinajstić information content (AvgIpc) is 3.08. The van der Waals surface area contributed by atoms with Crippen LogP contribution in [0.5, 0.6) is 0 Å². The molecule has 0 bridgehead atoms. The normalized spacial score (nSPS) is 14.1. The van der Waals surface area contributed by atoms with Crippen molar-refractivity contribution in [2.45, 2.75) is 19.8 Å². The van der Waals surface area contributed by atoms with Gasteiger partial charge in [0.2, 0.25) is 5.91 Å². The molecule has 0 aliphatic carbocycles. The standard InChI is InChI=1S/C18H21ClN4O3S/c1-12-16(27-18(20-12)23-8-10-26-11-9-23)17(25)22-21-15(24)7-6-13-4-2-3-5-14(13)19/h2-5H,6-11H2,1H3,(H,21,24)(H,22,25). The summed E-state index contributed by atoms with van der Waals surface area (Å²) in [4.78, 5) is 31.4. The van der Waals surface area contributed by atoms with Crippen LogP contribution in [0.3, 0.4) is 0 Å². The van der Waals surface area contributed by atoms with E-state index in [1.54, 1.807) is 13.0 Å². The fourth-order valence-corrected chi connectivity index (χ4v) is 3.92. The lowest BCUT2D eigenvalue weighted by Crippen LogP contribution is -2.41. The Kier molecular flexibility index (Phi) is 6.65. The molecule has 2 heterocycles. The first kappa shape index (κ1) is 19.6. The van der Waals surface area contributed by atoms with Crippen molar-refractivity contribution in [1.29, 1.82) is 0 Å². The van der Waals surface area contributed by atoms with Crippen molar-refractivity contribution < 1.29 is 14.3 Å². The number of amides is 2. The second kappa shape index (κ2) is 9.16. The van der Waals surface area contributed by atoms with Gasteiger partial charge in [-0.3, -0.25) is 20.4 Å². The van der Waals surface area contributed by atoms with Crippen LogP contribution in [0, 0.1) is 6.92 Å². The van der Waals surface area contributed by atoms with Gasteiger partial charge in [0.25, 0.3) is 5.91 Å². The molecule has 1 fully saturated rings. The summed E-state index contributed by atoms with van der Waals surface area (Å²) in [7, 11) is 0. The van der Waals surface area contributed by atoms with Gasteiger partial charge in [-0.05, 0) is 25.0 Å². The number of nitrogens with zero attached hydrogens (tertiary/aromatic N) is 2. The van der Waals surface area contributed by atoms with Gasteiger partial charge in [-0.15, -0.1) is 0 Å². The molecule has 1 aliphatic heterocycles. The molecule has 9 heteroatoms. The first-order chi connectivity index (χ1) is 13.0. The van der Waals surface area contributed by atoms with Crippen LogP contribution in [0.1, 0.15) is 27.3 Å². The molecule has 0 unspecified atom stereocenters. The van der Waals surface area contributed by atoms with Crippen molar-refractivity contribution >= 4 is 39.9 Å². The van der Waals surface area contributed by atoms with Gasteiger partial charge in [-0.1, -0.05) is 41.1 Å². The van der Waals surface area contributed by atoms with E-state index in [0.29, 0.717) is 35.2 Å². The molecule has 1 aliphatic rings. The number of nitrogens with one attached hydrogen (secondary N) is 2. The van der Waals surface area contributed by atoms with Crippen LogP contribution >= 0.6 is 22.9 Å². The monoisotopic (exact) mass is 408 g/mol. The number of hydrogen-bond donors (Lipinski definition) is 2. The summed E-state index contributed by atoms with van der Waals surface area (Å²) < 4.78 is 5.33. The number of aryl methyl sites for hydroxylation is 2. The van der Waals surface area contributed by atoms with Gasteiger partial charge in [-0.2, -0.15) is 0 Å². The van der Waals surface area contributed by atoms with Crippen molar-refractivity contribution in [1.82, 2.24) is 15.8 Å². The topological polar surface area (TPSA) is 83.6 Å². The number of carbonyl (C=O) groups excluding carboxylic acids is 2. The molecule has 2 aromatic rings. The number of thiazole rings is 1. The van der Waals surface area contributed by atoms with E-state index in [-0.39, 0.29) is 18.2 Å². The largest absolute Gasteiger partial charge is 0.378 e. The zero-order valence-corrected chi connectivity index (χ0v) is 16.5. The minimum atomic E-state index is -0.365. The van der Waals surface area contributed by atoms with Gasteiger partial charge in [0.1, 0.15) is 4.88 Å². The third kappa shape index (κ3) is 5.18. The minimum absolute atomic E-state index is 0.227. The lowest BCUT2D eigenvalue weighted by Gasteiger charge is -2.25. The Balaban J connectivity index is 1.50. The van der Waals surface area contributed by atoms with Gasteiger partial charge in [-0.25, -0.2) is 4.98 Å². The zero-order chi connectivity index (χ0) is 19.2. The quantitative estimate of drug-likeness (QED) is 0.742. The van der Waals surface area contributed by atoms with Crippen molar-refractivity contribution in [3.05, 3.63) is 45.4 Å². The van der Waals surface area contributed by atoms with E-state index in [9.17, 15) is 9.59 Å². The number of halogens is 1. The van der Waals surface area contributed by atoms with Crippen LogP contribution < -0.4 is 15.8 Å². The molecule has 1 saturated heterocycles. The molecule has 144 valence electrons. The highest BCUT2D eigenvalue weighted by atomic mass is 35.5. The molecule has 27 heavy (non-hydrogen) atoms. The predicted molar refractivity (Wildman–Crippen MR) is 105 cm³/mol. The van der Waals surface area contributed by atoms with E-state index in [2.05, 4.69) is 20.7 Å². The Morgan fingerprint density at radius 1 is 1.26 bits per heavy atom. The number of morpholine rings is 1. The molecule has 7 nitrogen and oxygen atoms in total. The number of anilines is 1. The number of carbonyl (C=O) groups is 2. The molecule has 2 amide bonds. The number of ether oxygens (including phenoxy) is 1. The van der Waals surface area contributed by atoms with Crippen LogP contribution in [0.4, 0.5) is 5.13 Å². The summed E-state index contributed by atoms with van der Waals surface area (Å²) in [6.07, 6.45) is 0.729. The van der Waals surface area contributed by atoms with E-state index >= 15 is 0 Å². The van der Waals surface area contributed by atoms with Crippen LogP contribution in [0.25, 0.3) is 0 Å². The predicted octanol–water partition coefficient (Wildman–Crippen LogP) is 2.34. The number of hydrazine groups is 1. The number of benzene rings is 1. The van der Waals surface area contributed by atoms with Gasteiger partial charge < -0.3 is 9.64 Å².